The first-order chi connectivity index (χ1) is 11.0. The zero-order valence-electron chi connectivity index (χ0n) is 13.1. The lowest BCUT2D eigenvalue weighted by atomic mass is 9.76. The summed E-state index contributed by atoms with van der Waals surface area (Å²) in [6, 6.07) is 16.5. The number of carbonyl (C=O) groups excluding carboxylic acids is 1. The van der Waals surface area contributed by atoms with E-state index in [0.717, 1.165) is 20.1 Å². The molecule has 1 saturated heterocycles. The predicted molar refractivity (Wildman–Crippen MR) is 100 cm³/mol. The molecule has 1 N–H and O–H groups in total. The number of rotatable bonds is 2. The summed E-state index contributed by atoms with van der Waals surface area (Å²) in [5.41, 5.74) is 2.29. The van der Waals surface area contributed by atoms with Crippen LogP contribution in [0.3, 0.4) is 0 Å². The van der Waals surface area contributed by atoms with Gasteiger partial charge in [-0.15, -0.1) is 0 Å². The Morgan fingerprint density at radius 1 is 0.826 bits per heavy atom. The van der Waals surface area contributed by atoms with Crippen LogP contribution in [0.2, 0.25) is 0 Å². The first-order valence-corrected chi connectivity index (χ1v) is 9.36. The lowest BCUT2D eigenvalue weighted by Gasteiger charge is -2.39. The summed E-state index contributed by atoms with van der Waals surface area (Å²) in [7, 11) is 0. The van der Waals surface area contributed by atoms with Crippen LogP contribution in [-0.2, 0) is 4.79 Å². The molecular weight excluding hydrogens is 418 g/mol. The number of hydrogen-bond donors (Lipinski definition) is 1. The van der Waals surface area contributed by atoms with Gasteiger partial charge in [-0.1, -0.05) is 70.0 Å². The molecule has 0 aromatic heterocycles. The Balaban J connectivity index is 1.97. The Kier molecular flexibility index (Phi) is 5.04. The number of nitrogens with one attached hydrogen (secondary N) is 1. The second-order valence-corrected chi connectivity index (χ2v) is 8.04. The average Bonchev–Trinajstić information content (AvgIpc) is 2.53. The van der Waals surface area contributed by atoms with Gasteiger partial charge in [0.15, 0.2) is 0 Å². The first-order valence-electron chi connectivity index (χ1n) is 7.78. The van der Waals surface area contributed by atoms with Gasteiger partial charge in [0.25, 0.3) is 0 Å². The van der Waals surface area contributed by atoms with Crippen molar-refractivity contribution in [1.82, 2.24) is 5.32 Å². The minimum Gasteiger partial charge on any atom is -0.302 e. The molecular formula is C19H19Br2NO. The third kappa shape index (κ3) is 3.44. The fourth-order valence-corrected chi connectivity index (χ4v) is 4.23. The van der Waals surface area contributed by atoms with Gasteiger partial charge in [0, 0.05) is 32.9 Å². The van der Waals surface area contributed by atoms with Crippen molar-refractivity contribution in [3.8, 4) is 0 Å². The first kappa shape index (κ1) is 16.9. The third-order valence-corrected chi connectivity index (χ3v) is 5.66. The van der Waals surface area contributed by atoms with Gasteiger partial charge in [-0.25, -0.2) is 0 Å². The van der Waals surface area contributed by atoms with Gasteiger partial charge in [0.05, 0.1) is 0 Å². The molecule has 3 rings (SSSR count). The van der Waals surface area contributed by atoms with Gasteiger partial charge in [-0.05, 0) is 35.4 Å². The van der Waals surface area contributed by atoms with Crippen molar-refractivity contribution in [2.45, 2.75) is 25.9 Å². The molecule has 23 heavy (non-hydrogen) atoms. The van der Waals surface area contributed by atoms with Crippen molar-refractivity contribution < 1.29 is 4.79 Å². The molecule has 4 atom stereocenters. The van der Waals surface area contributed by atoms with Gasteiger partial charge in [0.1, 0.15) is 5.78 Å². The molecule has 4 heteroatoms. The largest absolute Gasteiger partial charge is 0.302 e. The maximum absolute atomic E-state index is 12.8. The fourth-order valence-electron chi connectivity index (χ4n) is 3.40. The molecule has 1 aliphatic rings. The molecule has 0 amide bonds. The van der Waals surface area contributed by atoms with E-state index in [1.165, 1.54) is 0 Å². The van der Waals surface area contributed by atoms with Crippen molar-refractivity contribution in [1.29, 1.82) is 0 Å². The van der Waals surface area contributed by atoms with Crippen molar-refractivity contribution in [3.05, 3.63) is 68.6 Å². The molecule has 0 saturated carbocycles. The van der Waals surface area contributed by atoms with Crippen molar-refractivity contribution in [2.75, 3.05) is 0 Å². The summed E-state index contributed by atoms with van der Waals surface area (Å²) < 4.78 is 2.07. The molecule has 2 aromatic rings. The molecule has 1 heterocycles. The van der Waals surface area contributed by atoms with Crippen LogP contribution in [0, 0.1) is 11.8 Å². The van der Waals surface area contributed by atoms with Gasteiger partial charge < -0.3 is 5.32 Å². The number of benzene rings is 2. The minimum atomic E-state index is -0.0392. The van der Waals surface area contributed by atoms with Gasteiger partial charge in [0.2, 0.25) is 0 Å². The van der Waals surface area contributed by atoms with E-state index in [1.807, 2.05) is 38.1 Å². The van der Waals surface area contributed by atoms with Crippen LogP contribution < -0.4 is 5.32 Å². The van der Waals surface area contributed by atoms with Crippen LogP contribution in [-0.4, -0.2) is 5.78 Å². The average molecular weight is 437 g/mol. The van der Waals surface area contributed by atoms with Gasteiger partial charge in [-0.2, -0.15) is 0 Å². The number of halogens is 2. The van der Waals surface area contributed by atoms with E-state index in [0.29, 0.717) is 5.78 Å². The topological polar surface area (TPSA) is 29.1 Å². The summed E-state index contributed by atoms with van der Waals surface area (Å²) in [6.07, 6.45) is 0. The highest BCUT2D eigenvalue weighted by Gasteiger charge is 2.40. The summed E-state index contributed by atoms with van der Waals surface area (Å²) in [4.78, 5) is 12.8. The summed E-state index contributed by atoms with van der Waals surface area (Å²) in [5.74, 6) is 0.240. The predicted octanol–water partition coefficient (Wildman–Crippen LogP) is 5.44. The fraction of sp³-hybridized carbons (Fsp3) is 0.316. The van der Waals surface area contributed by atoms with E-state index in [-0.39, 0.29) is 23.9 Å². The summed E-state index contributed by atoms with van der Waals surface area (Å²) in [5, 5.41) is 3.71. The highest BCUT2D eigenvalue weighted by atomic mass is 79.9. The lowest BCUT2D eigenvalue weighted by molar-refractivity contribution is -0.130. The number of carbonyl (C=O) groups is 1. The van der Waals surface area contributed by atoms with Crippen LogP contribution >= 0.6 is 31.9 Å². The van der Waals surface area contributed by atoms with E-state index < -0.39 is 0 Å². The van der Waals surface area contributed by atoms with E-state index in [9.17, 15) is 4.79 Å². The van der Waals surface area contributed by atoms with E-state index >= 15 is 0 Å². The van der Waals surface area contributed by atoms with Crippen LogP contribution in [0.5, 0.6) is 0 Å². The molecule has 1 aliphatic heterocycles. The molecule has 0 aliphatic carbocycles. The maximum atomic E-state index is 12.8. The van der Waals surface area contributed by atoms with E-state index in [1.54, 1.807) is 0 Å². The Morgan fingerprint density at radius 2 is 1.26 bits per heavy atom. The molecule has 120 valence electrons. The Morgan fingerprint density at radius 3 is 1.65 bits per heavy atom. The number of Topliss-reactive ketones (excluding diaryl/α,β-unsaturated/α-hetero) is 1. The van der Waals surface area contributed by atoms with Crippen LogP contribution in [0.1, 0.15) is 37.1 Å². The summed E-state index contributed by atoms with van der Waals surface area (Å²) in [6.45, 7) is 4.04. The maximum Gasteiger partial charge on any atom is 0.142 e. The smallest absolute Gasteiger partial charge is 0.142 e. The molecule has 1 fully saturated rings. The molecule has 0 bridgehead atoms. The molecule has 0 spiro atoms. The van der Waals surface area contributed by atoms with Crippen molar-refractivity contribution in [2.24, 2.45) is 11.8 Å². The SMILES string of the molecule is C[C@@H]1C(=O)[C@H](C)[C@@H](c2cccc(Br)c2)N[C@@H]1c1cccc(Br)c1. The Labute approximate surface area is 153 Å². The van der Waals surface area contributed by atoms with E-state index in [4.69, 9.17) is 0 Å². The zero-order chi connectivity index (χ0) is 16.6. The van der Waals surface area contributed by atoms with Gasteiger partial charge in [-0.3, -0.25) is 4.79 Å². The lowest BCUT2D eigenvalue weighted by Crippen LogP contribution is -2.46. The Bertz CT molecular complexity index is 671. The standard InChI is InChI=1S/C19H19Br2NO/c1-11-17(13-5-3-7-15(20)9-13)22-18(12(2)19(11)23)14-6-4-8-16(21)10-14/h3-12,17-18,22H,1-2H3/t11-,12+,17-,18-/m0/s1. The molecule has 0 unspecified atom stereocenters. The number of ketones is 1. The second-order valence-electron chi connectivity index (χ2n) is 6.21. The highest BCUT2D eigenvalue weighted by Crippen LogP contribution is 2.39. The molecule has 0 radical (unpaired) electrons. The second kappa shape index (κ2) is 6.88. The molecule has 2 aromatic carbocycles. The normalized spacial score (nSPS) is 27.9. The van der Waals surface area contributed by atoms with Crippen molar-refractivity contribution in [3.63, 3.8) is 0 Å². The van der Waals surface area contributed by atoms with Crippen LogP contribution in [0.15, 0.2) is 57.5 Å². The quantitative estimate of drug-likeness (QED) is 0.679. The van der Waals surface area contributed by atoms with E-state index in [2.05, 4.69) is 61.4 Å². The third-order valence-electron chi connectivity index (χ3n) is 4.67. The minimum absolute atomic E-state index is 0.0279. The highest BCUT2D eigenvalue weighted by molar-refractivity contribution is 9.10. The van der Waals surface area contributed by atoms with Gasteiger partial charge >= 0.3 is 0 Å². The van der Waals surface area contributed by atoms with Crippen LogP contribution in [0.4, 0.5) is 0 Å². The molecule has 2 nitrogen and oxygen atoms in total. The number of piperidine rings is 1. The Hall–Kier alpha value is -0.970. The monoisotopic (exact) mass is 435 g/mol. The summed E-state index contributed by atoms with van der Waals surface area (Å²) >= 11 is 7.05. The number of hydrogen-bond acceptors (Lipinski definition) is 2. The zero-order valence-corrected chi connectivity index (χ0v) is 16.3. The van der Waals surface area contributed by atoms with Crippen LogP contribution in [0.25, 0.3) is 0 Å². The van der Waals surface area contributed by atoms with Crippen molar-refractivity contribution >= 4 is 37.6 Å².